The first-order chi connectivity index (χ1) is 6.85. The van der Waals surface area contributed by atoms with E-state index in [2.05, 4.69) is 22.5 Å². The molecular formula is C11H14N2O. The summed E-state index contributed by atoms with van der Waals surface area (Å²) in [6, 6.07) is 5.98. The Kier molecular flexibility index (Phi) is 2.39. The SMILES string of the molecule is CCCn1cnc2cc(OC)ccc21. The molecule has 1 aromatic heterocycles. The number of hydrogen-bond acceptors (Lipinski definition) is 2. The van der Waals surface area contributed by atoms with Crippen molar-refractivity contribution in [1.29, 1.82) is 0 Å². The van der Waals surface area contributed by atoms with Gasteiger partial charge in [0.1, 0.15) is 5.75 Å². The summed E-state index contributed by atoms with van der Waals surface area (Å²) in [6.45, 7) is 3.18. The Labute approximate surface area is 83.3 Å². The second-order valence-corrected chi connectivity index (χ2v) is 3.29. The fraction of sp³-hybridized carbons (Fsp3) is 0.364. The van der Waals surface area contributed by atoms with Crippen molar-refractivity contribution < 1.29 is 4.74 Å². The zero-order chi connectivity index (χ0) is 9.97. The van der Waals surface area contributed by atoms with Crippen molar-refractivity contribution in [3.63, 3.8) is 0 Å². The number of benzene rings is 1. The highest BCUT2D eigenvalue weighted by atomic mass is 16.5. The number of ether oxygens (including phenoxy) is 1. The lowest BCUT2D eigenvalue weighted by Crippen LogP contribution is -1.93. The molecule has 0 aliphatic carbocycles. The van der Waals surface area contributed by atoms with E-state index < -0.39 is 0 Å². The maximum Gasteiger partial charge on any atom is 0.121 e. The van der Waals surface area contributed by atoms with Gasteiger partial charge < -0.3 is 9.30 Å². The monoisotopic (exact) mass is 190 g/mol. The van der Waals surface area contributed by atoms with Crippen molar-refractivity contribution in [3.05, 3.63) is 24.5 Å². The molecule has 14 heavy (non-hydrogen) atoms. The number of imidazole rings is 1. The summed E-state index contributed by atoms with van der Waals surface area (Å²) in [5, 5.41) is 0. The molecule has 0 unspecified atom stereocenters. The maximum atomic E-state index is 5.14. The van der Waals surface area contributed by atoms with Crippen LogP contribution in [-0.4, -0.2) is 16.7 Å². The van der Waals surface area contributed by atoms with Crippen LogP contribution in [-0.2, 0) is 6.54 Å². The van der Waals surface area contributed by atoms with Gasteiger partial charge in [-0.25, -0.2) is 4.98 Å². The largest absolute Gasteiger partial charge is 0.497 e. The van der Waals surface area contributed by atoms with Gasteiger partial charge in [0.2, 0.25) is 0 Å². The molecule has 0 aliphatic rings. The zero-order valence-electron chi connectivity index (χ0n) is 8.53. The van der Waals surface area contributed by atoms with Crippen LogP contribution in [0.3, 0.4) is 0 Å². The molecule has 2 aromatic rings. The van der Waals surface area contributed by atoms with E-state index in [1.807, 2.05) is 18.5 Å². The summed E-state index contributed by atoms with van der Waals surface area (Å²) in [7, 11) is 1.67. The Morgan fingerprint density at radius 1 is 1.43 bits per heavy atom. The summed E-state index contributed by atoms with van der Waals surface area (Å²) < 4.78 is 7.30. The zero-order valence-corrected chi connectivity index (χ0v) is 8.53. The minimum absolute atomic E-state index is 0.860. The van der Waals surface area contributed by atoms with Crippen LogP contribution in [0.1, 0.15) is 13.3 Å². The second-order valence-electron chi connectivity index (χ2n) is 3.29. The van der Waals surface area contributed by atoms with Gasteiger partial charge in [-0.05, 0) is 18.6 Å². The highest BCUT2D eigenvalue weighted by Crippen LogP contribution is 2.19. The third-order valence-corrected chi connectivity index (χ3v) is 2.29. The number of aromatic nitrogens is 2. The summed E-state index contributed by atoms with van der Waals surface area (Å²) in [5.41, 5.74) is 2.17. The molecular weight excluding hydrogens is 176 g/mol. The van der Waals surface area contributed by atoms with Gasteiger partial charge in [-0.2, -0.15) is 0 Å². The second kappa shape index (κ2) is 3.70. The normalized spacial score (nSPS) is 10.7. The predicted octanol–water partition coefficient (Wildman–Crippen LogP) is 2.45. The van der Waals surface area contributed by atoms with Gasteiger partial charge in [-0.3, -0.25) is 0 Å². The molecule has 3 nitrogen and oxygen atoms in total. The van der Waals surface area contributed by atoms with Gasteiger partial charge in [-0.1, -0.05) is 6.92 Å². The maximum absolute atomic E-state index is 5.14. The molecule has 0 spiro atoms. The first-order valence-electron chi connectivity index (χ1n) is 4.84. The highest BCUT2D eigenvalue weighted by Gasteiger charge is 2.02. The van der Waals surface area contributed by atoms with Crippen molar-refractivity contribution in [1.82, 2.24) is 9.55 Å². The third-order valence-electron chi connectivity index (χ3n) is 2.29. The Balaban J connectivity index is 2.48. The van der Waals surface area contributed by atoms with Gasteiger partial charge in [0, 0.05) is 12.6 Å². The van der Waals surface area contributed by atoms with E-state index >= 15 is 0 Å². The minimum atomic E-state index is 0.860. The molecule has 74 valence electrons. The molecule has 1 heterocycles. The smallest absolute Gasteiger partial charge is 0.121 e. The molecule has 0 aliphatic heterocycles. The van der Waals surface area contributed by atoms with Gasteiger partial charge in [0.05, 0.1) is 24.5 Å². The molecule has 3 heteroatoms. The molecule has 0 fully saturated rings. The summed E-state index contributed by atoms with van der Waals surface area (Å²) in [4.78, 5) is 4.33. The summed E-state index contributed by atoms with van der Waals surface area (Å²) in [5.74, 6) is 0.860. The van der Waals surface area contributed by atoms with E-state index in [9.17, 15) is 0 Å². The minimum Gasteiger partial charge on any atom is -0.497 e. The fourth-order valence-corrected chi connectivity index (χ4v) is 1.59. The lowest BCUT2D eigenvalue weighted by Gasteiger charge is -2.02. The predicted molar refractivity (Wildman–Crippen MR) is 56.6 cm³/mol. The number of aryl methyl sites for hydroxylation is 1. The topological polar surface area (TPSA) is 27.1 Å². The Morgan fingerprint density at radius 2 is 2.29 bits per heavy atom. The fourth-order valence-electron chi connectivity index (χ4n) is 1.59. The van der Waals surface area contributed by atoms with Crippen LogP contribution in [0.2, 0.25) is 0 Å². The van der Waals surface area contributed by atoms with Crippen LogP contribution in [0, 0.1) is 0 Å². The molecule has 0 amide bonds. The number of hydrogen-bond donors (Lipinski definition) is 0. The Morgan fingerprint density at radius 3 is 3.00 bits per heavy atom. The van der Waals surface area contributed by atoms with E-state index in [1.54, 1.807) is 7.11 Å². The molecule has 0 atom stereocenters. The van der Waals surface area contributed by atoms with Crippen molar-refractivity contribution in [2.75, 3.05) is 7.11 Å². The highest BCUT2D eigenvalue weighted by molar-refractivity contribution is 5.76. The Hall–Kier alpha value is -1.51. The molecule has 0 saturated heterocycles. The van der Waals surface area contributed by atoms with Gasteiger partial charge >= 0.3 is 0 Å². The van der Waals surface area contributed by atoms with E-state index in [0.717, 1.165) is 24.2 Å². The van der Waals surface area contributed by atoms with E-state index in [-0.39, 0.29) is 0 Å². The molecule has 0 radical (unpaired) electrons. The van der Waals surface area contributed by atoms with Crippen LogP contribution in [0.25, 0.3) is 11.0 Å². The van der Waals surface area contributed by atoms with Gasteiger partial charge in [-0.15, -0.1) is 0 Å². The number of methoxy groups -OCH3 is 1. The van der Waals surface area contributed by atoms with Crippen LogP contribution in [0.15, 0.2) is 24.5 Å². The van der Waals surface area contributed by atoms with Crippen molar-refractivity contribution in [2.24, 2.45) is 0 Å². The van der Waals surface area contributed by atoms with Crippen LogP contribution >= 0.6 is 0 Å². The average Bonchev–Trinajstić information content (AvgIpc) is 2.61. The van der Waals surface area contributed by atoms with Crippen LogP contribution in [0.5, 0.6) is 5.75 Å². The van der Waals surface area contributed by atoms with E-state index in [1.165, 1.54) is 5.52 Å². The first-order valence-corrected chi connectivity index (χ1v) is 4.84. The van der Waals surface area contributed by atoms with Crippen molar-refractivity contribution >= 4 is 11.0 Å². The van der Waals surface area contributed by atoms with Gasteiger partial charge in [0.25, 0.3) is 0 Å². The summed E-state index contributed by atoms with van der Waals surface area (Å²) >= 11 is 0. The lowest BCUT2D eigenvalue weighted by atomic mass is 10.3. The lowest BCUT2D eigenvalue weighted by molar-refractivity contribution is 0.415. The first kappa shape index (κ1) is 9.06. The van der Waals surface area contributed by atoms with Crippen molar-refractivity contribution in [2.45, 2.75) is 19.9 Å². The third kappa shape index (κ3) is 1.45. The van der Waals surface area contributed by atoms with Crippen molar-refractivity contribution in [3.8, 4) is 5.75 Å². The Bertz CT molecular complexity index is 434. The number of fused-ring (bicyclic) bond motifs is 1. The standard InChI is InChI=1S/C11H14N2O/c1-3-6-13-8-12-10-7-9(14-2)4-5-11(10)13/h4-5,7-8H,3,6H2,1-2H3. The average molecular weight is 190 g/mol. The van der Waals surface area contributed by atoms with E-state index in [4.69, 9.17) is 4.74 Å². The molecule has 2 rings (SSSR count). The van der Waals surface area contributed by atoms with E-state index in [0.29, 0.717) is 0 Å². The number of nitrogens with zero attached hydrogens (tertiary/aromatic N) is 2. The molecule has 0 bridgehead atoms. The molecule has 1 aromatic carbocycles. The van der Waals surface area contributed by atoms with Crippen LogP contribution < -0.4 is 4.74 Å². The van der Waals surface area contributed by atoms with Crippen LogP contribution in [0.4, 0.5) is 0 Å². The van der Waals surface area contributed by atoms with Gasteiger partial charge in [0.15, 0.2) is 0 Å². The summed E-state index contributed by atoms with van der Waals surface area (Å²) in [6.07, 6.45) is 3.01. The number of rotatable bonds is 3. The molecule has 0 saturated carbocycles. The molecule has 0 N–H and O–H groups in total. The quantitative estimate of drug-likeness (QED) is 0.743.